The van der Waals surface area contributed by atoms with E-state index in [4.69, 9.17) is 5.73 Å². The van der Waals surface area contributed by atoms with Crippen LogP contribution in [0.2, 0.25) is 0 Å². The number of carbonyl (C=O) groups is 1. The van der Waals surface area contributed by atoms with Gasteiger partial charge in [-0.25, -0.2) is 0 Å². The highest BCUT2D eigenvalue weighted by atomic mass is 32.2. The van der Waals surface area contributed by atoms with E-state index in [1.165, 1.54) is 11.8 Å². The number of nitrogens with zero attached hydrogens (tertiary/aromatic N) is 4. The van der Waals surface area contributed by atoms with Crippen LogP contribution in [0.3, 0.4) is 0 Å². The zero-order valence-electron chi connectivity index (χ0n) is 12.0. The number of hydrogen-bond acceptors (Lipinski definition) is 5. The summed E-state index contributed by atoms with van der Waals surface area (Å²) in [7, 11) is 0. The number of likely N-dealkylation sites (N-methyl/N-ethyl adjacent to an activating group) is 1. The molecule has 2 N–H and O–H groups in total. The Bertz CT molecular complexity index is 509. The van der Waals surface area contributed by atoms with Gasteiger partial charge in [-0.15, -0.1) is 10.2 Å². The van der Waals surface area contributed by atoms with Crippen molar-refractivity contribution in [3.63, 3.8) is 0 Å². The van der Waals surface area contributed by atoms with E-state index in [0.29, 0.717) is 30.8 Å². The molecule has 0 spiro atoms. The van der Waals surface area contributed by atoms with E-state index in [-0.39, 0.29) is 5.91 Å². The first-order chi connectivity index (χ1) is 9.52. The summed E-state index contributed by atoms with van der Waals surface area (Å²) in [5.41, 5.74) is 6.79. The molecule has 0 aliphatic heterocycles. The van der Waals surface area contributed by atoms with Gasteiger partial charge in [0.05, 0.1) is 5.75 Å². The molecular formula is C13H21N5OS. The molecule has 1 heterocycles. The van der Waals surface area contributed by atoms with Gasteiger partial charge in [-0.3, -0.25) is 9.36 Å². The number of nitrogens with two attached hydrogens (primary N) is 1. The van der Waals surface area contributed by atoms with Crippen molar-refractivity contribution >= 4 is 23.6 Å². The average Bonchev–Trinajstić information content (AvgIpc) is 3.17. The Labute approximate surface area is 123 Å². The van der Waals surface area contributed by atoms with Crippen molar-refractivity contribution in [3.8, 4) is 0 Å². The molecule has 110 valence electrons. The summed E-state index contributed by atoms with van der Waals surface area (Å²) in [6, 6.07) is 0.417. The molecule has 2 rings (SSSR count). The number of aromatic nitrogens is 3. The van der Waals surface area contributed by atoms with E-state index in [1.54, 1.807) is 4.90 Å². The minimum Gasteiger partial charge on any atom is -0.368 e. The SMILES string of the molecule is C=C(C)CN(CC)C(=O)CSc1nnc(N)n1C1CC1. The van der Waals surface area contributed by atoms with Crippen LogP contribution in [0.1, 0.15) is 32.7 Å². The Morgan fingerprint density at radius 2 is 2.25 bits per heavy atom. The molecule has 0 aromatic carbocycles. The monoisotopic (exact) mass is 295 g/mol. The molecule has 1 aromatic heterocycles. The fraction of sp³-hybridized carbons (Fsp3) is 0.615. The van der Waals surface area contributed by atoms with Gasteiger partial charge < -0.3 is 10.6 Å². The number of rotatable bonds is 7. The normalized spacial score (nSPS) is 14.3. The minimum atomic E-state index is 0.0874. The summed E-state index contributed by atoms with van der Waals surface area (Å²) in [5, 5.41) is 8.70. The van der Waals surface area contributed by atoms with Crippen LogP contribution in [-0.4, -0.2) is 44.4 Å². The molecule has 1 aliphatic rings. The molecule has 1 aromatic rings. The number of hydrogen-bond donors (Lipinski definition) is 1. The van der Waals surface area contributed by atoms with Gasteiger partial charge in [0, 0.05) is 19.1 Å². The van der Waals surface area contributed by atoms with Gasteiger partial charge >= 0.3 is 0 Å². The van der Waals surface area contributed by atoms with E-state index in [0.717, 1.165) is 23.6 Å². The summed E-state index contributed by atoms with van der Waals surface area (Å²) in [6.07, 6.45) is 2.22. The molecule has 1 fully saturated rings. The lowest BCUT2D eigenvalue weighted by Gasteiger charge is -2.20. The van der Waals surface area contributed by atoms with Crippen LogP contribution in [0.4, 0.5) is 5.95 Å². The van der Waals surface area contributed by atoms with Crippen molar-refractivity contribution in [3.05, 3.63) is 12.2 Å². The van der Waals surface area contributed by atoms with Crippen molar-refractivity contribution in [1.82, 2.24) is 19.7 Å². The van der Waals surface area contributed by atoms with Crippen molar-refractivity contribution in [2.24, 2.45) is 0 Å². The summed E-state index contributed by atoms with van der Waals surface area (Å²) in [5.74, 6) is 0.882. The second-order valence-corrected chi connectivity index (χ2v) is 6.04. The Hall–Kier alpha value is -1.50. The first kappa shape index (κ1) is 14.9. The molecule has 0 unspecified atom stereocenters. The smallest absolute Gasteiger partial charge is 0.233 e. The van der Waals surface area contributed by atoms with E-state index < -0.39 is 0 Å². The van der Waals surface area contributed by atoms with Gasteiger partial charge in [-0.05, 0) is 26.7 Å². The third-order valence-electron chi connectivity index (χ3n) is 3.12. The van der Waals surface area contributed by atoms with E-state index in [2.05, 4.69) is 16.8 Å². The van der Waals surface area contributed by atoms with Crippen molar-refractivity contribution < 1.29 is 4.79 Å². The topological polar surface area (TPSA) is 77.0 Å². The molecule has 6 nitrogen and oxygen atoms in total. The Kier molecular flexibility index (Phi) is 4.69. The Morgan fingerprint density at radius 1 is 1.55 bits per heavy atom. The Balaban J connectivity index is 1.94. The summed E-state index contributed by atoms with van der Waals surface area (Å²) < 4.78 is 1.94. The molecule has 0 bridgehead atoms. The number of amides is 1. The number of anilines is 1. The maximum atomic E-state index is 12.2. The van der Waals surface area contributed by atoms with Gasteiger partial charge in [0.1, 0.15) is 0 Å². The van der Waals surface area contributed by atoms with Crippen LogP contribution in [0, 0.1) is 0 Å². The van der Waals surface area contributed by atoms with Crippen molar-refractivity contribution in [2.45, 2.75) is 37.9 Å². The van der Waals surface area contributed by atoms with Crippen LogP contribution in [-0.2, 0) is 4.79 Å². The van der Waals surface area contributed by atoms with E-state index >= 15 is 0 Å². The van der Waals surface area contributed by atoms with Gasteiger partial charge in [0.25, 0.3) is 0 Å². The van der Waals surface area contributed by atoms with Crippen LogP contribution in [0.5, 0.6) is 0 Å². The van der Waals surface area contributed by atoms with Crippen LogP contribution >= 0.6 is 11.8 Å². The first-order valence-electron chi connectivity index (χ1n) is 6.78. The minimum absolute atomic E-state index is 0.0874. The molecule has 20 heavy (non-hydrogen) atoms. The van der Waals surface area contributed by atoms with E-state index in [1.807, 2.05) is 18.4 Å². The summed E-state index contributed by atoms with van der Waals surface area (Å²) in [4.78, 5) is 14.0. The largest absolute Gasteiger partial charge is 0.368 e. The zero-order valence-corrected chi connectivity index (χ0v) is 12.8. The van der Waals surface area contributed by atoms with Gasteiger partial charge in [-0.2, -0.15) is 0 Å². The fourth-order valence-electron chi connectivity index (χ4n) is 1.98. The lowest BCUT2D eigenvalue weighted by atomic mass is 10.3. The standard InChI is InChI=1S/C13H21N5OS/c1-4-17(7-9(2)3)11(19)8-20-13-16-15-12(14)18(13)10-5-6-10/h10H,2,4-8H2,1,3H3,(H2,14,15). The molecule has 1 amide bonds. The molecule has 0 radical (unpaired) electrons. The molecule has 0 atom stereocenters. The molecule has 1 saturated carbocycles. The van der Waals surface area contributed by atoms with Gasteiger partial charge in [-0.1, -0.05) is 23.9 Å². The average molecular weight is 295 g/mol. The van der Waals surface area contributed by atoms with Gasteiger partial charge in [0.2, 0.25) is 11.9 Å². The number of thioether (sulfide) groups is 1. The first-order valence-corrected chi connectivity index (χ1v) is 7.76. The lowest BCUT2D eigenvalue weighted by molar-refractivity contribution is -0.127. The van der Waals surface area contributed by atoms with Crippen LogP contribution in [0.15, 0.2) is 17.3 Å². The predicted molar refractivity (Wildman–Crippen MR) is 80.5 cm³/mol. The third kappa shape index (κ3) is 3.53. The van der Waals surface area contributed by atoms with E-state index in [9.17, 15) is 4.79 Å². The molecular weight excluding hydrogens is 274 g/mol. The van der Waals surface area contributed by atoms with Crippen LogP contribution < -0.4 is 5.73 Å². The van der Waals surface area contributed by atoms with Crippen molar-refractivity contribution in [1.29, 1.82) is 0 Å². The van der Waals surface area contributed by atoms with Crippen LogP contribution in [0.25, 0.3) is 0 Å². The Morgan fingerprint density at radius 3 is 2.80 bits per heavy atom. The fourth-order valence-corrected chi connectivity index (χ4v) is 2.90. The van der Waals surface area contributed by atoms with Gasteiger partial charge in [0.15, 0.2) is 5.16 Å². The lowest BCUT2D eigenvalue weighted by Crippen LogP contribution is -2.33. The quantitative estimate of drug-likeness (QED) is 0.612. The number of carbonyl (C=O) groups excluding carboxylic acids is 1. The highest BCUT2D eigenvalue weighted by molar-refractivity contribution is 7.99. The predicted octanol–water partition coefficient (Wildman–Crippen LogP) is 1.71. The number of nitrogen functional groups attached to an aromatic ring is 1. The molecule has 1 aliphatic carbocycles. The highest BCUT2D eigenvalue weighted by Gasteiger charge is 2.29. The zero-order chi connectivity index (χ0) is 14.7. The second kappa shape index (κ2) is 6.30. The third-order valence-corrected chi connectivity index (χ3v) is 4.05. The maximum Gasteiger partial charge on any atom is 0.233 e. The summed E-state index contributed by atoms with van der Waals surface area (Å²) in [6.45, 7) is 9.03. The van der Waals surface area contributed by atoms with Crippen molar-refractivity contribution in [2.75, 3.05) is 24.6 Å². The molecule has 0 saturated heterocycles. The maximum absolute atomic E-state index is 12.2. The molecule has 7 heteroatoms. The second-order valence-electron chi connectivity index (χ2n) is 5.10. The summed E-state index contributed by atoms with van der Waals surface area (Å²) >= 11 is 1.40. The highest BCUT2D eigenvalue weighted by Crippen LogP contribution is 2.39.